The van der Waals surface area contributed by atoms with Crippen LogP contribution in [0.3, 0.4) is 0 Å². The van der Waals surface area contributed by atoms with Crippen LogP contribution in [0.4, 0.5) is 5.95 Å². The first-order valence-corrected chi connectivity index (χ1v) is 6.08. The van der Waals surface area contributed by atoms with Crippen molar-refractivity contribution in [2.75, 3.05) is 19.0 Å². The van der Waals surface area contributed by atoms with Crippen molar-refractivity contribution < 1.29 is 9.47 Å². The fraction of sp³-hybridized carbons (Fsp3) is 0.250. The van der Waals surface area contributed by atoms with Gasteiger partial charge in [0.25, 0.3) is 0 Å². The number of benzene rings is 1. The first-order valence-electron chi connectivity index (χ1n) is 5.70. The molecule has 1 unspecified atom stereocenters. The average Bonchev–Trinajstić information content (AvgIpc) is 2.82. The maximum absolute atomic E-state index is 5.80. The molecule has 98 valence electrons. The van der Waals surface area contributed by atoms with Crippen molar-refractivity contribution in [3.05, 3.63) is 35.1 Å². The lowest BCUT2D eigenvalue weighted by molar-refractivity contribution is 0.339. The van der Waals surface area contributed by atoms with Crippen LogP contribution < -0.4 is 14.8 Å². The predicted octanol–water partition coefficient (Wildman–Crippen LogP) is 2.08. The quantitative estimate of drug-likeness (QED) is 0.927. The molecule has 0 fully saturated rings. The molecule has 1 N–H and O–H groups in total. The van der Waals surface area contributed by atoms with E-state index < -0.39 is 0 Å². The molecule has 0 radical (unpaired) electrons. The summed E-state index contributed by atoms with van der Waals surface area (Å²) in [6.07, 6.45) is 0. The van der Waals surface area contributed by atoms with Crippen LogP contribution in [0.15, 0.2) is 24.3 Å². The van der Waals surface area contributed by atoms with Gasteiger partial charge in [0.15, 0.2) is 0 Å². The van der Waals surface area contributed by atoms with Gasteiger partial charge in [-0.1, -0.05) is 18.2 Å². The number of para-hydroxylation sites is 1. The summed E-state index contributed by atoms with van der Waals surface area (Å²) in [7, 11) is 1.48. The van der Waals surface area contributed by atoms with Crippen molar-refractivity contribution in [1.29, 1.82) is 0 Å². The summed E-state index contributed by atoms with van der Waals surface area (Å²) in [6, 6.07) is 7.99. The molecule has 7 heteroatoms. The second-order valence-electron chi connectivity index (χ2n) is 3.96. The zero-order valence-corrected chi connectivity index (χ0v) is 10.9. The van der Waals surface area contributed by atoms with Crippen LogP contribution in [0, 0.1) is 0 Å². The minimum absolute atomic E-state index is 0.0145. The molecule has 0 aliphatic carbocycles. The molecule has 19 heavy (non-hydrogen) atoms. The number of aromatic nitrogens is 3. The number of ether oxygens (including phenoxy) is 2. The topological polar surface area (TPSA) is 69.2 Å². The highest BCUT2D eigenvalue weighted by atomic mass is 35.5. The van der Waals surface area contributed by atoms with Crippen LogP contribution in [-0.4, -0.2) is 28.7 Å². The Morgan fingerprint density at radius 1 is 1.32 bits per heavy atom. The van der Waals surface area contributed by atoms with E-state index in [-0.39, 0.29) is 17.3 Å². The van der Waals surface area contributed by atoms with E-state index in [0.717, 1.165) is 11.3 Å². The average molecular weight is 279 g/mol. The summed E-state index contributed by atoms with van der Waals surface area (Å²) in [6.45, 7) is 0.519. The molecular formula is C12H11ClN4O2. The van der Waals surface area contributed by atoms with Gasteiger partial charge in [-0.05, 0) is 17.7 Å². The van der Waals surface area contributed by atoms with Gasteiger partial charge in [0, 0.05) is 5.56 Å². The van der Waals surface area contributed by atoms with E-state index in [2.05, 4.69) is 20.3 Å². The summed E-state index contributed by atoms with van der Waals surface area (Å²) in [5, 5.41) is 3.25. The Labute approximate surface area is 114 Å². The van der Waals surface area contributed by atoms with E-state index >= 15 is 0 Å². The first kappa shape index (κ1) is 12.0. The molecule has 0 bridgehead atoms. The standard InChI is InChI=1S/C12H11ClN4O2/c1-18-12-16-10(13)15-11(17-12)14-8-6-19-9-5-3-2-4-7(8)9/h2-5,8H,6H2,1H3,(H,14,15,16,17). The van der Waals surface area contributed by atoms with Gasteiger partial charge in [-0.2, -0.15) is 15.0 Å². The molecule has 2 heterocycles. The lowest BCUT2D eigenvalue weighted by atomic mass is 10.1. The number of nitrogens with one attached hydrogen (secondary N) is 1. The zero-order valence-electron chi connectivity index (χ0n) is 10.1. The second kappa shape index (κ2) is 4.89. The Kier molecular flexibility index (Phi) is 3.08. The van der Waals surface area contributed by atoms with Gasteiger partial charge in [0.05, 0.1) is 13.2 Å². The molecular weight excluding hydrogens is 268 g/mol. The Morgan fingerprint density at radius 3 is 3.00 bits per heavy atom. The number of hydrogen-bond acceptors (Lipinski definition) is 6. The zero-order chi connectivity index (χ0) is 13.2. The lowest BCUT2D eigenvalue weighted by Crippen LogP contribution is -2.14. The van der Waals surface area contributed by atoms with E-state index in [9.17, 15) is 0 Å². The Bertz CT molecular complexity index is 608. The normalized spacial score (nSPS) is 16.6. The Hall–Kier alpha value is -2.08. The Morgan fingerprint density at radius 2 is 2.16 bits per heavy atom. The van der Waals surface area contributed by atoms with Crippen molar-refractivity contribution in [3.63, 3.8) is 0 Å². The molecule has 6 nitrogen and oxygen atoms in total. The van der Waals surface area contributed by atoms with Crippen molar-refractivity contribution in [2.24, 2.45) is 0 Å². The first-order chi connectivity index (χ1) is 9.26. The molecule has 2 aromatic rings. The number of hydrogen-bond donors (Lipinski definition) is 1. The number of anilines is 1. The van der Waals surface area contributed by atoms with Gasteiger partial charge in [0.1, 0.15) is 12.4 Å². The van der Waals surface area contributed by atoms with Crippen LogP contribution in [0.5, 0.6) is 11.8 Å². The van der Waals surface area contributed by atoms with Crippen molar-refractivity contribution in [2.45, 2.75) is 6.04 Å². The maximum Gasteiger partial charge on any atom is 0.322 e. The third-order valence-electron chi connectivity index (χ3n) is 2.77. The molecule has 3 rings (SSSR count). The van der Waals surface area contributed by atoms with E-state index in [4.69, 9.17) is 21.1 Å². The van der Waals surface area contributed by atoms with E-state index in [1.165, 1.54) is 7.11 Å². The van der Waals surface area contributed by atoms with Crippen LogP contribution in [0.1, 0.15) is 11.6 Å². The second-order valence-corrected chi connectivity index (χ2v) is 4.30. The maximum atomic E-state index is 5.80. The predicted molar refractivity (Wildman–Crippen MR) is 69.7 cm³/mol. The molecule has 0 spiro atoms. The van der Waals surface area contributed by atoms with Crippen molar-refractivity contribution in [1.82, 2.24) is 15.0 Å². The van der Waals surface area contributed by atoms with Gasteiger partial charge in [-0.25, -0.2) is 0 Å². The lowest BCUT2D eigenvalue weighted by Gasteiger charge is -2.11. The summed E-state index contributed by atoms with van der Waals surface area (Å²) in [5.41, 5.74) is 1.07. The fourth-order valence-electron chi connectivity index (χ4n) is 1.93. The van der Waals surface area contributed by atoms with Crippen molar-refractivity contribution in [3.8, 4) is 11.8 Å². The third kappa shape index (κ3) is 2.39. The highest BCUT2D eigenvalue weighted by molar-refractivity contribution is 6.28. The van der Waals surface area contributed by atoms with Crippen molar-refractivity contribution >= 4 is 17.5 Å². The number of fused-ring (bicyclic) bond motifs is 1. The molecule has 0 amide bonds. The smallest absolute Gasteiger partial charge is 0.322 e. The molecule has 0 saturated carbocycles. The summed E-state index contributed by atoms with van der Waals surface area (Å²) < 4.78 is 10.5. The number of nitrogens with zero attached hydrogens (tertiary/aromatic N) is 3. The largest absolute Gasteiger partial charge is 0.491 e. The van der Waals surface area contributed by atoms with E-state index in [1.54, 1.807) is 0 Å². The molecule has 0 saturated heterocycles. The minimum Gasteiger partial charge on any atom is -0.491 e. The van der Waals surface area contributed by atoms with E-state index in [1.807, 2.05) is 24.3 Å². The van der Waals surface area contributed by atoms with Gasteiger partial charge < -0.3 is 14.8 Å². The summed E-state index contributed by atoms with van der Waals surface area (Å²) in [4.78, 5) is 11.9. The number of rotatable bonds is 3. The van der Waals surface area contributed by atoms with Crippen LogP contribution in [-0.2, 0) is 0 Å². The summed E-state index contributed by atoms with van der Waals surface area (Å²) in [5.74, 6) is 1.23. The van der Waals surface area contributed by atoms with Gasteiger partial charge >= 0.3 is 6.01 Å². The number of halogens is 1. The van der Waals surface area contributed by atoms with Crippen LogP contribution in [0.2, 0.25) is 5.28 Å². The SMILES string of the molecule is COc1nc(Cl)nc(NC2COc3ccccc32)n1. The monoisotopic (exact) mass is 278 g/mol. The van der Waals surface area contributed by atoms with Crippen LogP contribution in [0.25, 0.3) is 0 Å². The molecule has 1 aromatic heterocycles. The Balaban J connectivity index is 1.85. The third-order valence-corrected chi connectivity index (χ3v) is 2.94. The highest BCUT2D eigenvalue weighted by Gasteiger charge is 2.24. The van der Waals surface area contributed by atoms with Gasteiger partial charge in [-0.3, -0.25) is 0 Å². The summed E-state index contributed by atoms with van der Waals surface area (Å²) >= 11 is 5.80. The van der Waals surface area contributed by atoms with Gasteiger partial charge in [0.2, 0.25) is 11.2 Å². The molecule has 1 aliphatic heterocycles. The fourth-order valence-corrected chi connectivity index (χ4v) is 2.08. The molecule has 1 aliphatic rings. The molecule has 1 atom stereocenters. The minimum atomic E-state index is -0.0145. The number of methoxy groups -OCH3 is 1. The molecule has 1 aromatic carbocycles. The highest BCUT2D eigenvalue weighted by Crippen LogP contribution is 2.33. The van der Waals surface area contributed by atoms with E-state index in [0.29, 0.717) is 12.6 Å². The van der Waals surface area contributed by atoms with Gasteiger partial charge in [-0.15, -0.1) is 0 Å². The van der Waals surface area contributed by atoms with Crippen LogP contribution >= 0.6 is 11.6 Å².